The molecule has 1 fully saturated rings. The summed E-state index contributed by atoms with van der Waals surface area (Å²) in [5.74, 6) is -0.145. The van der Waals surface area contributed by atoms with Gasteiger partial charge in [0.15, 0.2) is 0 Å². The first-order chi connectivity index (χ1) is 6.75. The summed E-state index contributed by atoms with van der Waals surface area (Å²) in [5, 5.41) is 0.703. The van der Waals surface area contributed by atoms with Crippen molar-refractivity contribution in [3.63, 3.8) is 0 Å². The number of thioether (sulfide) groups is 1. The fourth-order valence-corrected chi connectivity index (χ4v) is 2.12. The SMILES string of the molecule is Nc1ccc(SC2CCOC2=O)nc1. The average Bonchev–Trinajstić information content (AvgIpc) is 2.56. The standard InChI is InChI=1S/C9H10N2O2S/c10-6-1-2-8(11-5-6)14-7-3-4-13-9(7)12/h1-2,5,7H,3-4,10H2. The minimum absolute atomic E-state index is 0.105. The smallest absolute Gasteiger partial charge is 0.319 e. The minimum atomic E-state index is -0.145. The monoisotopic (exact) mass is 210 g/mol. The lowest BCUT2D eigenvalue weighted by atomic mass is 10.4. The largest absolute Gasteiger partial charge is 0.465 e. The number of cyclic esters (lactones) is 1. The Hall–Kier alpha value is -1.23. The summed E-state index contributed by atoms with van der Waals surface area (Å²) in [6, 6.07) is 3.58. The highest BCUT2D eigenvalue weighted by Crippen LogP contribution is 2.28. The van der Waals surface area contributed by atoms with Crippen LogP contribution in [0.3, 0.4) is 0 Å². The Labute approximate surface area is 85.8 Å². The summed E-state index contributed by atoms with van der Waals surface area (Å²) in [5.41, 5.74) is 6.13. The topological polar surface area (TPSA) is 65.2 Å². The Morgan fingerprint density at radius 2 is 2.43 bits per heavy atom. The van der Waals surface area contributed by atoms with E-state index in [4.69, 9.17) is 10.5 Å². The van der Waals surface area contributed by atoms with E-state index in [0.29, 0.717) is 12.3 Å². The quantitative estimate of drug-likeness (QED) is 0.740. The molecule has 5 heteroatoms. The van der Waals surface area contributed by atoms with Crippen molar-refractivity contribution in [1.29, 1.82) is 0 Å². The summed E-state index contributed by atoms with van der Waals surface area (Å²) >= 11 is 1.43. The Morgan fingerprint density at radius 3 is 3.00 bits per heavy atom. The molecule has 0 spiro atoms. The van der Waals surface area contributed by atoms with Gasteiger partial charge in [0, 0.05) is 6.42 Å². The molecule has 1 atom stereocenters. The lowest BCUT2D eigenvalue weighted by molar-refractivity contribution is -0.137. The van der Waals surface area contributed by atoms with Crippen molar-refractivity contribution in [2.24, 2.45) is 0 Å². The van der Waals surface area contributed by atoms with Crippen molar-refractivity contribution >= 4 is 23.4 Å². The summed E-state index contributed by atoms with van der Waals surface area (Å²) in [4.78, 5) is 15.3. The second kappa shape index (κ2) is 3.88. The van der Waals surface area contributed by atoms with Crippen molar-refractivity contribution in [3.8, 4) is 0 Å². The van der Waals surface area contributed by atoms with Crippen LogP contribution in [-0.2, 0) is 9.53 Å². The van der Waals surface area contributed by atoms with E-state index < -0.39 is 0 Å². The first-order valence-electron chi connectivity index (χ1n) is 4.30. The second-order valence-corrected chi connectivity index (χ2v) is 4.22. The van der Waals surface area contributed by atoms with Crippen molar-refractivity contribution in [2.75, 3.05) is 12.3 Å². The molecule has 1 saturated heterocycles. The van der Waals surface area contributed by atoms with E-state index >= 15 is 0 Å². The first-order valence-corrected chi connectivity index (χ1v) is 5.18. The van der Waals surface area contributed by atoms with E-state index in [1.807, 2.05) is 6.07 Å². The molecule has 1 unspecified atom stereocenters. The van der Waals surface area contributed by atoms with Gasteiger partial charge in [0.1, 0.15) is 5.25 Å². The normalized spacial score (nSPS) is 20.9. The summed E-state index contributed by atoms with van der Waals surface area (Å²) in [6.45, 7) is 0.519. The number of hydrogen-bond acceptors (Lipinski definition) is 5. The van der Waals surface area contributed by atoms with Crippen LogP contribution in [0.25, 0.3) is 0 Å². The van der Waals surface area contributed by atoms with Crippen LogP contribution in [0.2, 0.25) is 0 Å². The number of nitrogens with zero attached hydrogens (tertiary/aromatic N) is 1. The van der Waals surface area contributed by atoms with E-state index in [0.717, 1.165) is 11.4 Å². The van der Waals surface area contributed by atoms with Crippen LogP contribution in [0.1, 0.15) is 6.42 Å². The molecular formula is C9H10N2O2S. The molecule has 0 saturated carbocycles. The molecule has 2 heterocycles. The maximum atomic E-state index is 11.2. The Bertz CT molecular complexity index is 339. The number of rotatable bonds is 2. The lowest BCUT2D eigenvalue weighted by Crippen LogP contribution is -2.09. The predicted molar refractivity (Wildman–Crippen MR) is 53.9 cm³/mol. The van der Waals surface area contributed by atoms with Gasteiger partial charge in [-0.05, 0) is 12.1 Å². The van der Waals surface area contributed by atoms with E-state index in [1.54, 1.807) is 12.3 Å². The number of aromatic nitrogens is 1. The van der Waals surface area contributed by atoms with Crippen LogP contribution < -0.4 is 5.73 Å². The van der Waals surface area contributed by atoms with E-state index in [9.17, 15) is 4.79 Å². The van der Waals surface area contributed by atoms with Crippen molar-refractivity contribution < 1.29 is 9.53 Å². The fourth-order valence-electron chi connectivity index (χ4n) is 1.19. The highest BCUT2D eigenvalue weighted by Gasteiger charge is 2.27. The highest BCUT2D eigenvalue weighted by molar-refractivity contribution is 8.00. The fraction of sp³-hybridized carbons (Fsp3) is 0.333. The third kappa shape index (κ3) is 1.98. The molecule has 0 radical (unpaired) electrons. The maximum absolute atomic E-state index is 11.2. The van der Waals surface area contributed by atoms with Crippen LogP contribution >= 0.6 is 11.8 Å². The van der Waals surface area contributed by atoms with Gasteiger partial charge in [-0.15, -0.1) is 0 Å². The predicted octanol–water partition coefficient (Wildman–Crippen LogP) is 1.07. The van der Waals surface area contributed by atoms with Crippen LogP contribution in [0.4, 0.5) is 5.69 Å². The number of carbonyl (C=O) groups excluding carboxylic acids is 1. The molecule has 1 aromatic heterocycles. The maximum Gasteiger partial charge on any atom is 0.319 e. The Kier molecular flexibility index (Phi) is 2.58. The number of ether oxygens (including phenoxy) is 1. The molecule has 1 aromatic rings. The summed E-state index contributed by atoms with van der Waals surface area (Å²) in [6.07, 6.45) is 2.35. The zero-order chi connectivity index (χ0) is 9.97. The molecule has 0 bridgehead atoms. The van der Waals surface area contributed by atoms with Crippen molar-refractivity contribution in [1.82, 2.24) is 4.98 Å². The molecule has 2 N–H and O–H groups in total. The van der Waals surface area contributed by atoms with Gasteiger partial charge < -0.3 is 10.5 Å². The third-order valence-electron chi connectivity index (χ3n) is 1.91. The summed E-state index contributed by atoms with van der Waals surface area (Å²) in [7, 11) is 0. The minimum Gasteiger partial charge on any atom is -0.465 e. The Morgan fingerprint density at radius 1 is 1.57 bits per heavy atom. The third-order valence-corrected chi connectivity index (χ3v) is 3.11. The molecule has 1 aliphatic heterocycles. The van der Waals surface area contributed by atoms with Gasteiger partial charge in [-0.3, -0.25) is 4.79 Å². The molecule has 4 nitrogen and oxygen atoms in total. The summed E-state index contributed by atoms with van der Waals surface area (Å²) < 4.78 is 4.85. The molecule has 2 rings (SSSR count). The van der Waals surface area contributed by atoms with Crippen LogP contribution in [0, 0.1) is 0 Å². The second-order valence-electron chi connectivity index (χ2n) is 2.99. The lowest BCUT2D eigenvalue weighted by Gasteiger charge is -2.03. The molecule has 1 aliphatic rings. The van der Waals surface area contributed by atoms with Gasteiger partial charge in [-0.2, -0.15) is 0 Å². The molecule has 74 valence electrons. The van der Waals surface area contributed by atoms with Gasteiger partial charge in [-0.25, -0.2) is 4.98 Å². The van der Waals surface area contributed by atoms with Crippen LogP contribution in [0.5, 0.6) is 0 Å². The number of hydrogen-bond donors (Lipinski definition) is 1. The number of pyridine rings is 1. The highest BCUT2D eigenvalue weighted by atomic mass is 32.2. The number of esters is 1. The Balaban J connectivity index is 2.03. The van der Waals surface area contributed by atoms with E-state index in [1.165, 1.54) is 11.8 Å². The van der Waals surface area contributed by atoms with E-state index in [2.05, 4.69) is 4.98 Å². The van der Waals surface area contributed by atoms with Gasteiger partial charge in [-0.1, -0.05) is 11.8 Å². The van der Waals surface area contributed by atoms with Gasteiger partial charge in [0.25, 0.3) is 0 Å². The molecular weight excluding hydrogens is 200 g/mol. The van der Waals surface area contributed by atoms with E-state index in [-0.39, 0.29) is 11.2 Å². The zero-order valence-electron chi connectivity index (χ0n) is 7.47. The van der Waals surface area contributed by atoms with Gasteiger partial charge in [0.2, 0.25) is 0 Å². The molecule has 14 heavy (non-hydrogen) atoms. The van der Waals surface area contributed by atoms with Crippen LogP contribution in [-0.4, -0.2) is 22.8 Å². The average molecular weight is 210 g/mol. The number of nitrogen functional groups attached to an aromatic ring is 1. The number of nitrogens with two attached hydrogens (primary N) is 1. The number of anilines is 1. The molecule has 0 aliphatic carbocycles. The molecule has 0 amide bonds. The first kappa shape index (κ1) is 9.33. The van der Waals surface area contributed by atoms with Crippen molar-refractivity contribution in [2.45, 2.75) is 16.7 Å². The van der Waals surface area contributed by atoms with Crippen molar-refractivity contribution in [3.05, 3.63) is 18.3 Å². The van der Waals surface area contributed by atoms with Gasteiger partial charge >= 0.3 is 5.97 Å². The zero-order valence-corrected chi connectivity index (χ0v) is 8.29. The molecule has 0 aromatic carbocycles. The van der Waals surface area contributed by atoms with Gasteiger partial charge in [0.05, 0.1) is 23.5 Å². The van der Waals surface area contributed by atoms with Crippen LogP contribution in [0.15, 0.2) is 23.4 Å². The number of carbonyl (C=O) groups is 1.